The lowest BCUT2D eigenvalue weighted by Gasteiger charge is -2.20. The summed E-state index contributed by atoms with van der Waals surface area (Å²) in [6.45, 7) is 4.65. The van der Waals surface area contributed by atoms with E-state index in [1.807, 2.05) is 0 Å². The van der Waals surface area contributed by atoms with Crippen LogP contribution in [0.3, 0.4) is 0 Å². The Morgan fingerprint density at radius 2 is 0.803 bits per heavy atom. The van der Waals surface area contributed by atoms with E-state index in [1.54, 1.807) is 0 Å². The zero-order valence-electron chi connectivity index (χ0n) is 42.1. The smallest absolute Gasteiger partial charge is 0.457 e. The molecule has 0 amide bonds. The first-order valence-electron chi connectivity index (χ1n) is 26.4. The number of unbranched alkanes of at least 4 members (excludes halogenated alkanes) is 18. The first-order valence-corrected chi connectivity index (χ1v) is 27.9. The number of nitrogens with two attached hydrogens (primary N) is 1. The average molecular weight is 940 g/mol. The van der Waals surface area contributed by atoms with Crippen molar-refractivity contribution < 1.29 is 32.8 Å². The summed E-state index contributed by atoms with van der Waals surface area (Å²) < 4.78 is 33.6. The van der Waals surface area contributed by atoms with Crippen LogP contribution in [0.2, 0.25) is 0 Å². The number of carbonyl (C=O) groups excluding carboxylic acids is 1. The number of phosphoric acid groups is 1. The summed E-state index contributed by atoms with van der Waals surface area (Å²) in [6, 6.07) is 0. The van der Waals surface area contributed by atoms with Crippen molar-refractivity contribution in [1.82, 2.24) is 0 Å². The van der Waals surface area contributed by atoms with E-state index >= 15 is 0 Å². The first kappa shape index (κ1) is 63.2. The molecule has 2 unspecified atom stereocenters. The third-order valence-corrected chi connectivity index (χ3v) is 11.7. The Balaban J connectivity index is 3.99. The predicted octanol–water partition coefficient (Wildman–Crippen LogP) is 16.8. The van der Waals surface area contributed by atoms with Crippen LogP contribution in [-0.4, -0.2) is 49.9 Å². The van der Waals surface area contributed by atoms with Crippen LogP contribution in [0.15, 0.2) is 109 Å². The quantitative estimate of drug-likeness (QED) is 0.0268. The van der Waals surface area contributed by atoms with Gasteiger partial charge in [-0.05, 0) is 96.3 Å². The van der Waals surface area contributed by atoms with Gasteiger partial charge >= 0.3 is 13.8 Å². The minimum Gasteiger partial charge on any atom is -0.457 e. The van der Waals surface area contributed by atoms with Crippen molar-refractivity contribution in [3.8, 4) is 0 Å². The predicted molar refractivity (Wildman–Crippen MR) is 284 cm³/mol. The Morgan fingerprint density at radius 1 is 0.455 bits per heavy atom. The van der Waals surface area contributed by atoms with Crippen molar-refractivity contribution in [1.29, 1.82) is 0 Å². The fourth-order valence-corrected chi connectivity index (χ4v) is 7.66. The summed E-state index contributed by atoms with van der Waals surface area (Å²) in [7, 11) is -4.30. The molecular formula is C57H98NO7P. The number of carbonyl (C=O) groups is 1. The van der Waals surface area contributed by atoms with Gasteiger partial charge in [-0.15, -0.1) is 0 Å². The van der Waals surface area contributed by atoms with Crippen LogP contribution >= 0.6 is 7.82 Å². The van der Waals surface area contributed by atoms with Gasteiger partial charge in [0.1, 0.15) is 6.10 Å². The number of allylic oxidation sites excluding steroid dienone is 18. The molecule has 0 fully saturated rings. The maximum Gasteiger partial charge on any atom is 0.472 e. The van der Waals surface area contributed by atoms with Crippen molar-refractivity contribution in [3.63, 3.8) is 0 Å². The lowest BCUT2D eigenvalue weighted by molar-refractivity contribution is -0.154. The molecular weight excluding hydrogens is 842 g/mol. The van der Waals surface area contributed by atoms with Crippen molar-refractivity contribution in [3.05, 3.63) is 109 Å². The highest BCUT2D eigenvalue weighted by atomic mass is 31.2. The van der Waals surface area contributed by atoms with Gasteiger partial charge in [0.05, 0.1) is 19.8 Å². The molecule has 0 spiro atoms. The molecule has 0 aromatic carbocycles. The molecule has 0 rings (SSSR count). The number of rotatable bonds is 49. The van der Waals surface area contributed by atoms with Crippen LogP contribution in [0.4, 0.5) is 0 Å². The molecule has 2 atom stereocenters. The maximum atomic E-state index is 12.7. The summed E-state index contributed by atoms with van der Waals surface area (Å²) in [4.78, 5) is 22.6. The highest BCUT2D eigenvalue weighted by Gasteiger charge is 2.25. The standard InChI is InChI=1S/C57H98NO7P/c1-3-5-7-9-11-13-15-17-19-21-23-25-27-28-29-30-32-34-36-38-40-42-44-46-48-50-57(59)65-56(55-64-66(60,61)63-53-51-58)54-62-52-49-47-45-43-41-39-37-35-33-31-26-24-22-20-18-16-14-12-10-8-6-4-2/h5-8,11-14,17-20,23-26,33,35,56H,3-4,9-10,15-16,21-22,27-32,34,36-55,58H2,1-2H3,(H,60,61)/b7-5-,8-6-,13-11-,14-12-,19-17-,20-18-,25-23-,26-24-,35-33-. The minimum atomic E-state index is -4.30. The van der Waals surface area contributed by atoms with Gasteiger partial charge in [0.15, 0.2) is 0 Å². The van der Waals surface area contributed by atoms with E-state index in [-0.39, 0.29) is 32.3 Å². The number of phosphoric ester groups is 1. The van der Waals surface area contributed by atoms with Crippen molar-refractivity contribution in [2.45, 2.75) is 213 Å². The SMILES string of the molecule is CC/C=C\C/C=C\C/C=C\C/C=C\C/C=C\CCCCCCCCOCC(COP(=O)(O)OCCN)OC(=O)CCCCCCCCCCCCCC/C=C\C/C=C\C/C=C\C/C=C\CC. The van der Waals surface area contributed by atoms with Crippen LogP contribution in [0, 0.1) is 0 Å². The average Bonchev–Trinajstić information content (AvgIpc) is 3.31. The lowest BCUT2D eigenvalue weighted by atomic mass is 10.0. The highest BCUT2D eigenvalue weighted by Crippen LogP contribution is 2.43. The largest absolute Gasteiger partial charge is 0.472 e. The molecule has 8 nitrogen and oxygen atoms in total. The van der Waals surface area contributed by atoms with Gasteiger partial charge in [-0.25, -0.2) is 4.57 Å². The summed E-state index contributed by atoms with van der Waals surface area (Å²) >= 11 is 0. The number of hydrogen-bond donors (Lipinski definition) is 2. The second-order valence-corrected chi connectivity index (χ2v) is 18.4. The molecule has 0 aliphatic rings. The third-order valence-electron chi connectivity index (χ3n) is 10.7. The summed E-state index contributed by atoms with van der Waals surface area (Å²) in [6.07, 6.45) is 72.7. The second-order valence-electron chi connectivity index (χ2n) is 17.0. The van der Waals surface area contributed by atoms with Gasteiger partial charge in [-0.3, -0.25) is 13.8 Å². The number of esters is 1. The minimum absolute atomic E-state index is 0.0916. The molecule has 0 saturated heterocycles. The Bertz CT molecular complexity index is 1380. The molecule has 0 heterocycles. The van der Waals surface area contributed by atoms with E-state index in [0.717, 1.165) is 103 Å². The Morgan fingerprint density at radius 3 is 1.20 bits per heavy atom. The molecule has 0 aliphatic carbocycles. The number of hydrogen-bond acceptors (Lipinski definition) is 7. The van der Waals surface area contributed by atoms with E-state index in [9.17, 15) is 14.3 Å². The zero-order valence-corrected chi connectivity index (χ0v) is 43.0. The van der Waals surface area contributed by atoms with Gasteiger partial charge in [0.25, 0.3) is 0 Å². The molecule has 0 saturated carbocycles. The van der Waals surface area contributed by atoms with Crippen LogP contribution in [0.5, 0.6) is 0 Å². The van der Waals surface area contributed by atoms with Crippen LogP contribution in [0.25, 0.3) is 0 Å². The molecule has 0 aromatic rings. The fourth-order valence-electron chi connectivity index (χ4n) is 6.90. The number of ether oxygens (including phenoxy) is 2. The summed E-state index contributed by atoms with van der Waals surface area (Å²) in [5.74, 6) is -0.342. The molecule has 0 aromatic heterocycles. The van der Waals surface area contributed by atoms with Crippen molar-refractivity contribution in [2.24, 2.45) is 5.73 Å². The molecule has 0 bridgehead atoms. The van der Waals surface area contributed by atoms with Crippen LogP contribution < -0.4 is 5.73 Å². The second kappa shape index (κ2) is 53.1. The summed E-state index contributed by atoms with van der Waals surface area (Å²) in [5, 5.41) is 0. The van der Waals surface area contributed by atoms with Gasteiger partial charge in [-0.1, -0.05) is 213 Å². The van der Waals surface area contributed by atoms with E-state index in [2.05, 4.69) is 123 Å². The normalized spacial score (nSPS) is 14.2. The molecule has 0 aliphatic heterocycles. The van der Waals surface area contributed by atoms with E-state index < -0.39 is 13.9 Å². The molecule has 3 N–H and O–H groups in total. The van der Waals surface area contributed by atoms with E-state index in [1.165, 1.54) is 83.5 Å². The monoisotopic (exact) mass is 940 g/mol. The fraction of sp³-hybridized carbons (Fsp3) is 0.667. The molecule has 9 heteroatoms. The van der Waals surface area contributed by atoms with Crippen LogP contribution in [-0.2, 0) is 27.9 Å². The Kier molecular flexibility index (Phi) is 50.8. The van der Waals surface area contributed by atoms with Crippen LogP contribution in [0.1, 0.15) is 206 Å². The topological polar surface area (TPSA) is 117 Å². The lowest BCUT2D eigenvalue weighted by Crippen LogP contribution is -2.28. The van der Waals surface area contributed by atoms with Gasteiger partial charge in [0, 0.05) is 19.6 Å². The van der Waals surface area contributed by atoms with Crippen molar-refractivity contribution in [2.75, 3.05) is 33.0 Å². The van der Waals surface area contributed by atoms with Gasteiger partial charge in [-0.2, -0.15) is 0 Å². The molecule has 66 heavy (non-hydrogen) atoms. The van der Waals surface area contributed by atoms with Gasteiger partial charge < -0.3 is 20.1 Å². The van der Waals surface area contributed by atoms with Crippen molar-refractivity contribution >= 4 is 13.8 Å². The molecule has 378 valence electrons. The first-order chi connectivity index (χ1) is 32.4. The maximum absolute atomic E-state index is 12.7. The zero-order chi connectivity index (χ0) is 48.0. The third kappa shape index (κ3) is 52.1. The Labute approximate surface area is 405 Å². The van der Waals surface area contributed by atoms with Gasteiger partial charge in [0.2, 0.25) is 0 Å². The van der Waals surface area contributed by atoms with E-state index in [0.29, 0.717) is 13.0 Å². The van der Waals surface area contributed by atoms with E-state index in [4.69, 9.17) is 24.3 Å². The Hall–Kier alpha value is -2.84. The molecule has 0 radical (unpaired) electrons. The highest BCUT2D eigenvalue weighted by molar-refractivity contribution is 7.47. The summed E-state index contributed by atoms with van der Waals surface area (Å²) in [5.41, 5.74) is 5.39.